The van der Waals surface area contributed by atoms with Crippen LogP contribution < -0.4 is 10.2 Å². The molecular formula is C14H19N2O3+. The van der Waals surface area contributed by atoms with E-state index in [2.05, 4.69) is 10.1 Å². The van der Waals surface area contributed by atoms with Crippen LogP contribution in [0.5, 0.6) is 0 Å². The number of ether oxygens (including phenoxy) is 1. The molecule has 1 heterocycles. The number of hydrogen-bond donors (Lipinski definition) is 2. The lowest BCUT2D eigenvalue weighted by Gasteiger charge is -2.11. The summed E-state index contributed by atoms with van der Waals surface area (Å²) in [5.41, 5.74) is 1.18. The van der Waals surface area contributed by atoms with Crippen LogP contribution in [0.25, 0.3) is 0 Å². The van der Waals surface area contributed by atoms with Gasteiger partial charge in [-0.3, -0.25) is 4.79 Å². The van der Waals surface area contributed by atoms with Gasteiger partial charge in [-0.15, -0.1) is 0 Å². The Labute approximate surface area is 112 Å². The lowest BCUT2D eigenvalue weighted by molar-refractivity contribution is -0.878. The van der Waals surface area contributed by atoms with Crippen LogP contribution in [0.2, 0.25) is 0 Å². The molecular weight excluding hydrogens is 244 g/mol. The van der Waals surface area contributed by atoms with Gasteiger partial charge in [-0.2, -0.15) is 0 Å². The van der Waals surface area contributed by atoms with Gasteiger partial charge in [0.2, 0.25) is 0 Å². The number of methoxy groups -OCH3 is 1. The molecule has 0 aliphatic carbocycles. The maximum atomic E-state index is 11.8. The molecule has 19 heavy (non-hydrogen) atoms. The van der Waals surface area contributed by atoms with E-state index in [9.17, 15) is 9.59 Å². The average Bonchev–Trinajstić information content (AvgIpc) is 2.91. The minimum Gasteiger partial charge on any atom is -0.465 e. The highest BCUT2D eigenvalue weighted by Gasteiger charge is 2.18. The summed E-state index contributed by atoms with van der Waals surface area (Å²) < 4.78 is 4.62. The van der Waals surface area contributed by atoms with E-state index < -0.39 is 0 Å². The predicted molar refractivity (Wildman–Crippen MR) is 71.2 cm³/mol. The molecule has 1 amide bonds. The Morgan fingerprint density at radius 2 is 1.84 bits per heavy atom. The number of esters is 1. The van der Waals surface area contributed by atoms with E-state index in [1.54, 1.807) is 24.3 Å². The molecule has 102 valence electrons. The summed E-state index contributed by atoms with van der Waals surface area (Å²) in [4.78, 5) is 24.4. The standard InChI is InChI=1S/C14H18N2O3/c1-19-14(18)11-4-6-12(7-5-11)15-13(17)10-16-8-2-3-9-16/h4-7H,2-3,8-10H2,1H3,(H,15,17)/p+1. The van der Waals surface area contributed by atoms with Crippen LogP contribution in [0.4, 0.5) is 5.69 Å². The Morgan fingerprint density at radius 1 is 1.21 bits per heavy atom. The van der Waals surface area contributed by atoms with Crippen LogP contribution in [-0.2, 0) is 9.53 Å². The molecule has 0 unspecified atom stereocenters. The van der Waals surface area contributed by atoms with E-state index in [1.165, 1.54) is 24.9 Å². The number of likely N-dealkylation sites (tertiary alicyclic amines) is 1. The highest BCUT2D eigenvalue weighted by atomic mass is 16.5. The van der Waals surface area contributed by atoms with Gasteiger partial charge in [0.1, 0.15) is 0 Å². The van der Waals surface area contributed by atoms with Gasteiger partial charge in [0.05, 0.1) is 25.8 Å². The third-order valence-corrected chi connectivity index (χ3v) is 3.31. The van der Waals surface area contributed by atoms with E-state index in [-0.39, 0.29) is 11.9 Å². The van der Waals surface area contributed by atoms with Crippen molar-refractivity contribution in [2.24, 2.45) is 0 Å². The number of nitrogens with one attached hydrogen (secondary N) is 2. The van der Waals surface area contributed by atoms with Crippen LogP contribution in [-0.4, -0.2) is 38.6 Å². The first-order valence-electron chi connectivity index (χ1n) is 6.51. The molecule has 1 aromatic carbocycles. The number of carbonyl (C=O) groups excluding carboxylic acids is 2. The average molecular weight is 263 g/mol. The van der Waals surface area contributed by atoms with E-state index in [4.69, 9.17) is 0 Å². The second kappa shape index (κ2) is 6.33. The summed E-state index contributed by atoms with van der Waals surface area (Å²) in [5.74, 6) is -0.359. The monoisotopic (exact) mass is 263 g/mol. The number of hydrogen-bond acceptors (Lipinski definition) is 3. The number of anilines is 1. The van der Waals surface area contributed by atoms with Crippen molar-refractivity contribution in [1.29, 1.82) is 0 Å². The number of carbonyl (C=O) groups is 2. The molecule has 0 aromatic heterocycles. The summed E-state index contributed by atoms with van der Waals surface area (Å²) in [6, 6.07) is 6.71. The molecule has 0 radical (unpaired) electrons. The summed E-state index contributed by atoms with van der Waals surface area (Å²) in [5, 5.41) is 2.84. The Morgan fingerprint density at radius 3 is 2.42 bits per heavy atom. The zero-order valence-corrected chi connectivity index (χ0v) is 11.1. The van der Waals surface area contributed by atoms with Crippen molar-refractivity contribution in [3.05, 3.63) is 29.8 Å². The van der Waals surface area contributed by atoms with Crippen molar-refractivity contribution in [3.8, 4) is 0 Å². The van der Waals surface area contributed by atoms with Gasteiger partial charge in [0, 0.05) is 18.5 Å². The van der Waals surface area contributed by atoms with Gasteiger partial charge in [0.15, 0.2) is 6.54 Å². The van der Waals surface area contributed by atoms with Crippen molar-refractivity contribution >= 4 is 17.6 Å². The molecule has 5 heteroatoms. The molecule has 5 nitrogen and oxygen atoms in total. The third-order valence-electron chi connectivity index (χ3n) is 3.31. The molecule has 1 aliphatic rings. The minimum absolute atomic E-state index is 0.0164. The SMILES string of the molecule is COC(=O)c1ccc(NC(=O)C[NH+]2CCCC2)cc1. The fourth-order valence-electron chi connectivity index (χ4n) is 2.29. The van der Waals surface area contributed by atoms with Crippen LogP contribution >= 0.6 is 0 Å². The van der Waals surface area contributed by atoms with Crippen molar-refractivity contribution < 1.29 is 19.2 Å². The van der Waals surface area contributed by atoms with Crippen LogP contribution in [0, 0.1) is 0 Å². The van der Waals surface area contributed by atoms with Gasteiger partial charge in [0.25, 0.3) is 5.91 Å². The van der Waals surface area contributed by atoms with Gasteiger partial charge >= 0.3 is 5.97 Å². The zero-order valence-electron chi connectivity index (χ0n) is 11.1. The predicted octanol–water partition coefficient (Wildman–Crippen LogP) is 0.0904. The fourth-order valence-corrected chi connectivity index (χ4v) is 2.29. The zero-order chi connectivity index (χ0) is 13.7. The maximum absolute atomic E-state index is 11.8. The van der Waals surface area contributed by atoms with E-state index >= 15 is 0 Å². The molecule has 1 saturated heterocycles. The number of rotatable bonds is 4. The summed E-state index contributed by atoms with van der Waals surface area (Å²) >= 11 is 0. The number of amides is 1. The lowest BCUT2D eigenvalue weighted by Crippen LogP contribution is -3.11. The summed E-state index contributed by atoms with van der Waals surface area (Å²) in [7, 11) is 1.34. The molecule has 0 bridgehead atoms. The first kappa shape index (κ1) is 13.5. The minimum atomic E-state index is -0.376. The van der Waals surface area contributed by atoms with Gasteiger partial charge in [-0.05, 0) is 24.3 Å². The van der Waals surface area contributed by atoms with E-state index in [0.717, 1.165) is 13.1 Å². The second-order valence-corrected chi connectivity index (χ2v) is 4.75. The van der Waals surface area contributed by atoms with E-state index in [0.29, 0.717) is 17.8 Å². The molecule has 2 rings (SSSR count). The van der Waals surface area contributed by atoms with Gasteiger partial charge in [-0.1, -0.05) is 0 Å². The van der Waals surface area contributed by atoms with Crippen molar-refractivity contribution in [1.82, 2.24) is 0 Å². The highest BCUT2D eigenvalue weighted by Crippen LogP contribution is 2.10. The lowest BCUT2D eigenvalue weighted by atomic mass is 10.2. The smallest absolute Gasteiger partial charge is 0.337 e. The van der Waals surface area contributed by atoms with Gasteiger partial charge < -0.3 is 15.0 Å². The normalized spacial score (nSPS) is 15.2. The Bertz CT molecular complexity index is 450. The summed E-state index contributed by atoms with van der Waals surface area (Å²) in [6.45, 7) is 2.67. The molecule has 1 aromatic rings. The first-order valence-corrected chi connectivity index (χ1v) is 6.51. The Balaban J connectivity index is 1.88. The topological polar surface area (TPSA) is 59.8 Å². The second-order valence-electron chi connectivity index (χ2n) is 4.75. The molecule has 0 saturated carbocycles. The summed E-state index contributed by atoms with van der Waals surface area (Å²) in [6.07, 6.45) is 2.41. The Kier molecular flexibility index (Phi) is 4.52. The quantitative estimate of drug-likeness (QED) is 0.757. The van der Waals surface area contributed by atoms with Gasteiger partial charge in [-0.25, -0.2) is 4.79 Å². The highest BCUT2D eigenvalue weighted by molar-refractivity contribution is 5.93. The van der Waals surface area contributed by atoms with Crippen molar-refractivity contribution in [2.75, 3.05) is 32.1 Å². The largest absolute Gasteiger partial charge is 0.465 e. The van der Waals surface area contributed by atoms with Crippen LogP contribution in [0.1, 0.15) is 23.2 Å². The first-order chi connectivity index (χ1) is 9.19. The molecule has 0 atom stereocenters. The van der Waals surface area contributed by atoms with Crippen LogP contribution in [0.3, 0.4) is 0 Å². The molecule has 0 spiro atoms. The van der Waals surface area contributed by atoms with Crippen LogP contribution in [0.15, 0.2) is 24.3 Å². The fraction of sp³-hybridized carbons (Fsp3) is 0.429. The maximum Gasteiger partial charge on any atom is 0.337 e. The molecule has 1 fully saturated rings. The number of quaternary nitrogens is 1. The molecule has 2 N–H and O–H groups in total. The Hall–Kier alpha value is -1.88. The number of benzene rings is 1. The molecule has 1 aliphatic heterocycles. The van der Waals surface area contributed by atoms with E-state index in [1.807, 2.05) is 0 Å². The van der Waals surface area contributed by atoms with Crippen molar-refractivity contribution in [3.63, 3.8) is 0 Å². The third kappa shape index (κ3) is 3.79. The van der Waals surface area contributed by atoms with Crippen molar-refractivity contribution in [2.45, 2.75) is 12.8 Å².